The highest BCUT2D eigenvalue weighted by atomic mass is 16.5. The summed E-state index contributed by atoms with van der Waals surface area (Å²) >= 11 is 0. The van der Waals surface area contributed by atoms with E-state index >= 15 is 0 Å². The molecular formula is C11H22N2O. The van der Waals surface area contributed by atoms with Crippen molar-refractivity contribution in [1.29, 1.82) is 0 Å². The minimum Gasteiger partial charge on any atom is -0.376 e. The molecule has 0 aromatic heterocycles. The van der Waals surface area contributed by atoms with E-state index in [1.807, 2.05) is 6.92 Å². The number of rotatable bonds is 5. The Morgan fingerprint density at radius 2 is 2.43 bits per heavy atom. The Balaban J connectivity index is 2.03. The summed E-state index contributed by atoms with van der Waals surface area (Å²) in [6.07, 6.45) is 0. The topological polar surface area (TPSA) is 24.5 Å². The number of hydrogen-bond acceptors (Lipinski definition) is 3. The molecule has 1 unspecified atom stereocenters. The number of nitrogens with zero attached hydrogens (tertiary/aromatic N) is 1. The summed E-state index contributed by atoms with van der Waals surface area (Å²) in [5.74, 6) is 0. The van der Waals surface area contributed by atoms with Gasteiger partial charge in [0.15, 0.2) is 0 Å². The van der Waals surface area contributed by atoms with Crippen LogP contribution in [0.2, 0.25) is 0 Å². The Morgan fingerprint density at radius 3 is 3.07 bits per heavy atom. The molecule has 0 saturated carbocycles. The third-order valence-electron chi connectivity index (χ3n) is 2.35. The van der Waals surface area contributed by atoms with E-state index < -0.39 is 0 Å². The second-order valence-corrected chi connectivity index (χ2v) is 4.17. The van der Waals surface area contributed by atoms with Crippen LogP contribution in [0, 0.1) is 0 Å². The summed E-state index contributed by atoms with van der Waals surface area (Å²) in [5.41, 5.74) is 1.10. The van der Waals surface area contributed by atoms with Crippen molar-refractivity contribution < 1.29 is 4.74 Å². The highest BCUT2D eigenvalue weighted by molar-refractivity contribution is 4.87. The fourth-order valence-corrected chi connectivity index (χ4v) is 1.66. The van der Waals surface area contributed by atoms with Gasteiger partial charge in [0.1, 0.15) is 0 Å². The van der Waals surface area contributed by atoms with Gasteiger partial charge < -0.3 is 10.1 Å². The number of hydrogen-bond donors (Lipinski definition) is 1. The molecule has 1 aliphatic heterocycles. The first-order valence-corrected chi connectivity index (χ1v) is 5.36. The van der Waals surface area contributed by atoms with Crippen LogP contribution in [0.15, 0.2) is 12.2 Å². The van der Waals surface area contributed by atoms with Crippen molar-refractivity contribution in [2.45, 2.75) is 19.9 Å². The highest BCUT2D eigenvalue weighted by Gasteiger charge is 2.14. The second kappa shape index (κ2) is 6.17. The van der Waals surface area contributed by atoms with E-state index in [4.69, 9.17) is 4.74 Å². The molecule has 0 amide bonds. The fourth-order valence-electron chi connectivity index (χ4n) is 1.66. The molecule has 14 heavy (non-hydrogen) atoms. The maximum Gasteiger partial charge on any atom is 0.0672 e. The molecule has 1 aliphatic rings. The van der Waals surface area contributed by atoms with Crippen LogP contribution in [0.1, 0.15) is 13.8 Å². The van der Waals surface area contributed by atoms with Crippen LogP contribution in [-0.2, 0) is 4.74 Å². The van der Waals surface area contributed by atoms with Crippen molar-refractivity contribution in [1.82, 2.24) is 10.2 Å². The van der Waals surface area contributed by atoms with Gasteiger partial charge >= 0.3 is 0 Å². The zero-order valence-electron chi connectivity index (χ0n) is 9.38. The highest BCUT2D eigenvalue weighted by Crippen LogP contribution is 1.98. The van der Waals surface area contributed by atoms with E-state index in [1.54, 1.807) is 0 Å². The van der Waals surface area contributed by atoms with E-state index in [0.717, 1.165) is 38.4 Å². The Hall–Kier alpha value is -0.380. The minimum atomic E-state index is 0.616. The third kappa shape index (κ3) is 4.74. The van der Waals surface area contributed by atoms with Crippen LogP contribution in [0.3, 0.4) is 0 Å². The molecule has 1 fully saturated rings. The van der Waals surface area contributed by atoms with Gasteiger partial charge in [0.05, 0.1) is 13.2 Å². The molecule has 3 nitrogen and oxygen atoms in total. The Bertz CT molecular complexity index is 182. The van der Waals surface area contributed by atoms with Gasteiger partial charge in [-0.15, -0.1) is 0 Å². The Kier molecular flexibility index (Phi) is 5.15. The largest absolute Gasteiger partial charge is 0.376 e. The lowest BCUT2D eigenvalue weighted by molar-refractivity contribution is 0.106. The van der Waals surface area contributed by atoms with E-state index in [1.165, 1.54) is 0 Å². The minimum absolute atomic E-state index is 0.616. The van der Waals surface area contributed by atoms with Crippen LogP contribution in [0.4, 0.5) is 0 Å². The van der Waals surface area contributed by atoms with Gasteiger partial charge in [-0.3, -0.25) is 4.90 Å². The summed E-state index contributed by atoms with van der Waals surface area (Å²) in [6, 6.07) is 0.616. The standard InChI is InChI=1S/C11H22N2O/c1-10(2)9-14-7-6-13-5-4-12-11(3)8-13/h11-12H,1,4-9H2,2-3H3. The predicted molar refractivity (Wildman–Crippen MR) is 59.5 cm³/mol. The molecule has 1 heterocycles. The van der Waals surface area contributed by atoms with Gasteiger partial charge in [-0.25, -0.2) is 0 Å². The fraction of sp³-hybridized carbons (Fsp3) is 0.818. The first kappa shape index (κ1) is 11.7. The smallest absolute Gasteiger partial charge is 0.0672 e. The number of ether oxygens (including phenoxy) is 1. The second-order valence-electron chi connectivity index (χ2n) is 4.17. The lowest BCUT2D eigenvalue weighted by Gasteiger charge is -2.31. The van der Waals surface area contributed by atoms with Crippen LogP contribution in [-0.4, -0.2) is 50.3 Å². The molecule has 0 spiro atoms. The quantitative estimate of drug-likeness (QED) is 0.524. The summed E-state index contributed by atoms with van der Waals surface area (Å²) in [6.45, 7) is 13.9. The van der Waals surface area contributed by atoms with Gasteiger partial charge in [0, 0.05) is 32.2 Å². The van der Waals surface area contributed by atoms with E-state index in [0.29, 0.717) is 12.6 Å². The molecule has 3 heteroatoms. The van der Waals surface area contributed by atoms with Gasteiger partial charge in [-0.1, -0.05) is 12.2 Å². The van der Waals surface area contributed by atoms with E-state index in [2.05, 4.69) is 23.7 Å². The monoisotopic (exact) mass is 198 g/mol. The van der Waals surface area contributed by atoms with Crippen LogP contribution in [0.5, 0.6) is 0 Å². The van der Waals surface area contributed by atoms with Crippen molar-refractivity contribution in [3.63, 3.8) is 0 Å². The summed E-state index contributed by atoms with van der Waals surface area (Å²) < 4.78 is 5.47. The average Bonchev–Trinajstić information content (AvgIpc) is 2.12. The molecule has 0 bridgehead atoms. The van der Waals surface area contributed by atoms with Crippen molar-refractivity contribution >= 4 is 0 Å². The van der Waals surface area contributed by atoms with E-state index in [9.17, 15) is 0 Å². The first-order valence-electron chi connectivity index (χ1n) is 5.36. The summed E-state index contributed by atoms with van der Waals surface area (Å²) in [4.78, 5) is 2.44. The van der Waals surface area contributed by atoms with E-state index in [-0.39, 0.29) is 0 Å². The number of nitrogens with one attached hydrogen (secondary N) is 1. The first-order chi connectivity index (χ1) is 6.68. The maximum absolute atomic E-state index is 5.47. The molecular weight excluding hydrogens is 176 g/mol. The molecule has 82 valence electrons. The Labute approximate surface area is 87.1 Å². The average molecular weight is 198 g/mol. The van der Waals surface area contributed by atoms with Crippen LogP contribution in [0.25, 0.3) is 0 Å². The lowest BCUT2D eigenvalue weighted by atomic mass is 10.2. The molecule has 0 radical (unpaired) electrons. The molecule has 1 saturated heterocycles. The summed E-state index contributed by atoms with van der Waals surface area (Å²) in [5, 5.41) is 3.42. The van der Waals surface area contributed by atoms with Crippen molar-refractivity contribution in [2.24, 2.45) is 0 Å². The molecule has 1 N–H and O–H groups in total. The zero-order chi connectivity index (χ0) is 10.4. The predicted octanol–water partition coefficient (Wildman–Crippen LogP) is 0.873. The van der Waals surface area contributed by atoms with Crippen LogP contribution < -0.4 is 5.32 Å². The molecule has 0 aliphatic carbocycles. The molecule has 0 aromatic carbocycles. The normalized spacial score (nSPS) is 23.7. The molecule has 1 rings (SSSR count). The maximum atomic E-state index is 5.47. The SMILES string of the molecule is C=C(C)COCCN1CCNC(C)C1. The molecule has 0 aromatic rings. The van der Waals surface area contributed by atoms with Gasteiger partial charge in [0.2, 0.25) is 0 Å². The van der Waals surface area contributed by atoms with Gasteiger partial charge in [-0.05, 0) is 13.8 Å². The number of piperazine rings is 1. The van der Waals surface area contributed by atoms with Gasteiger partial charge in [0.25, 0.3) is 0 Å². The van der Waals surface area contributed by atoms with Crippen LogP contribution >= 0.6 is 0 Å². The Morgan fingerprint density at radius 1 is 1.64 bits per heavy atom. The molecule has 1 atom stereocenters. The van der Waals surface area contributed by atoms with Crippen molar-refractivity contribution in [2.75, 3.05) is 39.4 Å². The lowest BCUT2D eigenvalue weighted by Crippen LogP contribution is -2.49. The van der Waals surface area contributed by atoms with Crippen molar-refractivity contribution in [3.8, 4) is 0 Å². The zero-order valence-corrected chi connectivity index (χ0v) is 9.38. The summed E-state index contributed by atoms with van der Waals surface area (Å²) in [7, 11) is 0. The van der Waals surface area contributed by atoms with Crippen molar-refractivity contribution in [3.05, 3.63) is 12.2 Å². The van der Waals surface area contributed by atoms with Gasteiger partial charge in [-0.2, -0.15) is 0 Å². The third-order valence-corrected chi connectivity index (χ3v) is 2.35.